The van der Waals surface area contributed by atoms with Crippen LogP contribution < -0.4 is 9.47 Å². The molecule has 0 spiro atoms. The summed E-state index contributed by atoms with van der Waals surface area (Å²) < 4.78 is 19.9. The number of hydrogen-bond acceptors (Lipinski definition) is 5. The summed E-state index contributed by atoms with van der Waals surface area (Å²) in [7, 11) is 1.54. The number of hydrogen-bond donors (Lipinski definition) is 0. The van der Waals surface area contributed by atoms with Crippen LogP contribution >= 0.6 is 72.7 Å². The van der Waals surface area contributed by atoms with Gasteiger partial charge in [-0.25, -0.2) is 9.79 Å². The standard InChI is InChI=1S/C24H15BrClI2NO4/c1-31-21-10-13(8-17(26)22(21)32-12-15-4-2-3-5-18(15)27)9-20-24(30)33-23(29-20)14-6-7-19(28)16(25)11-14/h2-11H,12H2,1H3/b20-9-. The minimum atomic E-state index is -0.534. The van der Waals surface area contributed by atoms with Crippen molar-refractivity contribution >= 4 is 90.7 Å². The lowest BCUT2D eigenvalue weighted by Crippen LogP contribution is -2.05. The van der Waals surface area contributed by atoms with E-state index >= 15 is 0 Å². The van der Waals surface area contributed by atoms with Gasteiger partial charge in [0.25, 0.3) is 0 Å². The minimum Gasteiger partial charge on any atom is -0.493 e. The molecule has 3 aromatic rings. The quantitative estimate of drug-likeness (QED) is 0.152. The molecule has 3 aromatic carbocycles. The van der Waals surface area contributed by atoms with Gasteiger partial charge in [0.15, 0.2) is 17.2 Å². The Hall–Kier alpha value is -1.63. The second-order valence-corrected chi connectivity index (χ2v) is 10.5. The van der Waals surface area contributed by atoms with Crippen LogP contribution in [0.5, 0.6) is 11.5 Å². The van der Waals surface area contributed by atoms with Gasteiger partial charge in [0, 0.05) is 22.7 Å². The van der Waals surface area contributed by atoms with Crippen LogP contribution in [-0.4, -0.2) is 19.0 Å². The van der Waals surface area contributed by atoms with Crippen molar-refractivity contribution in [3.8, 4) is 11.5 Å². The second-order valence-electron chi connectivity index (χ2n) is 6.88. The molecule has 1 aliphatic rings. The van der Waals surface area contributed by atoms with E-state index in [1.807, 2.05) is 42.5 Å². The molecule has 0 amide bonds. The van der Waals surface area contributed by atoms with Gasteiger partial charge in [-0.05, 0) is 109 Å². The van der Waals surface area contributed by atoms with Crippen molar-refractivity contribution in [2.75, 3.05) is 7.11 Å². The fraction of sp³-hybridized carbons (Fsp3) is 0.0833. The van der Waals surface area contributed by atoms with Crippen LogP contribution in [0.4, 0.5) is 0 Å². The predicted molar refractivity (Wildman–Crippen MR) is 149 cm³/mol. The summed E-state index contributed by atoms with van der Waals surface area (Å²) >= 11 is 14.5. The minimum absolute atomic E-state index is 0.172. The first-order chi connectivity index (χ1) is 15.9. The van der Waals surface area contributed by atoms with Gasteiger partial charge in [0.1, 0.15) is 6.61 Å². The Morgan fingerprint density at radius 3 is 2.64 bits per heavy atom. The van der Waals surface area contributed by atoms with Crippen molar-refractivity contribution in [2.24, 2.45) is 4.99 Å². The van der Waals surface area contributed by atoms with Gasteiger partial charge in [-0.2, -0.15) is 0 Å². The largest absolute Gasteiger partial charge is 0.493 e. The zero-order chi connectivity index (χ0) is 23.5. The maximum absolute atomic E-state index is 12.4. The lowest BCUT2D eigenvalue weighted by Gasteiger charge is -2.14. The highest BCUT2D eigenvalue weighted by Crippen LogP contribution is 2.38. The van der Waals surface area contributed by atoms with Gasteiger partial charge in [0.2, 0.25) is 5.90 Å². The first-order valence-electron chi connectivity index (χ1n) is 9.57. The molecule has 0 atom stereocenters. The molecule has 0 aromatic heterocycles. The number of ether oxygens (including phenoxy) is 3. The molecule has 5 nitrogen and oxygen atoms in total. The lowest BCUT2D eigenvalue weighted by molar-refractivity contribution is -0.129. The number of esters is 1. The molecule has 1 heterocycles. The molecule has 0 saturated heterocycles. The Morgan fingerprint density at radius 2 is 1.91 bits per heavy atom. The van der Waals surface area contributed by atoms with Gasteiger partial charge >= 0.3 is 5.97 Å². The number of benzene rings is 3. The van der Waals surface area contributed by atoms with Crippen LogP contribution in [0.25, 0.3) is 6.08 Å². The van der Waals surface area contributed by atoms with Crippen molar-refractivity contribution in [2.45, 2.75) is 6.61 Å². The summed E-state index contributed by atoms with van der Waals surface area (Å²) in [5.41, 5.74) is 2.55. The maximum atomic E-state index is 12.4. The van der Waals surface area contributed by atoms with Crippen LogP contribution in [0.3, 0.4) is 0 Å². The maximum Gasteiger partial charge on any atom is 0.363 e. The molecule has 168 valence electrons. The fourth-order valence-corrected chi connectivity index (χ4v) is 4.58. The molecule has 0 fully saturated rings. The fourth-order valence-electron chi connectivity index (χ4n) is 3.05. The van der Waals surface area contributed by atoms with Crippen LogP contribution in [0.15, 0.2) is 69.8 Å². The molecule has 33 heavy (non-hydrogen) atoms. The highest BCUT2D eigenvalue weighted by atomic mass is 127. The second kappa shape index (κ2) is 10.7. The van der Waals surface area contributed by atoms with E-state index in [4.69, 9.17) is 25.8 Å². The van der Waals surface area contributed by atoms with Gasteiger partial charge in [-0.3, -0.25) is 0 Å². The van der Waals surface area contributed by atoms with Crippen LogP contribution in [0.2, 0.25) is 5.02 Å². The molecule has 0 radical (unpaired) electrons. The zero-order valence-electron chi connectivity index (χ0n) is 17.1. The summed E-state index contributed by atoms with van der Waals surface area (Å²) in [6.07, 6.45) is 1.61. The molecular weight excluding hydrogens is 735 g/mol. The van der Waals surface area contributed by atoms with E-state index in [1.54, 1.807) is 18.2 Å². The number of cyclic esters (lactones) is 1. The third-order valence-electron chi connectivity index (χ3n) is 4.67. The average Bonchev–Trinajstić information content (AvgIpc) is 3.15. The summed E-state index contributed by atoms with van der Waals surface area (Å²) in [5, 5.41) is 0.365. The van der Waals surface area contributed by atoms with Gasteiger partial charge in [0.05, 0.1) is 12.1 Å². The zero-order valence-corrected chi connectivity index (χ0v) is 23.7. The van der Waals surface area contributed by atoms with Gasteiger partial charge in [-0.1, -0.05) is 29.8 Å². The third-order valence-corrected chi connectivity index (χ3v) is 8.34. The van der Waals surface area contributed by atoms with Crippen LogP contribution in [0.1, 0.15) is 16.7 Å². The monoisotopic (exact) mass is 749 g/mol. The topological polar surface area (TPSA) is 57.1 Å². The first-order valence-corrected chi connectivity index (χ1v) is 12.9. The Morgan fingerprint density at radius 1 is 1.12 bits per heavy atom. The Kier molecular flexibility index (Phi) is 7.98. The van der Waals surface area contributed by atoms with Crippen molar-refractivity contribution in [3.05, 3.63) is 93.6 Å². The van der Waals surface area contributed by atoms with Crippen molar-refractivity contribution in [3.63, 3.8) is 0 Å². The van der Waals surface area contributed by atoms with E-state index in [9.17, 15) is 4.79 Å². The van der Waals surface area contributed by atoms with Crippen LogP contribution in [0, 0.1) is 7.14 Å². The molecule has 0 bridgehead atoms. The molecule has 9 heteroatoms. The number of methoxy groups -OCH3 is 1. The van der Waals surface area contributed by atoms with Crippen molar-refractivity contribution in [1.82, 2.24) is 0 Å². The number of nitrogens with zero attached hydrogens (tertiary/aromatic N) is 1. The van der Waals surface area contributed by atoms with Crippen molar-refractivity contribution < 1.29 is 19.0 Å². The number of halogens is 4. The highest BCUT2D eigenvalue weighted by molar-refractivity contribution is 14.1. The van der Waals surface area contributed by atoms with E-state index in [-0.39, 0.29) is 11.6 Å². The van der Waals surface area contributed by atoms with Crippen molar-refractivity contribution in [1.29, 1.82) is 0 Å². The van der Waals surface area contributed by atoms with Gasteiger partial charge in [-0.15, -0.1) is 0 Å². The Bertz CT molecular complexity index is 1310. The lowest BCUT2D eigenvalue weighted by atomic mass is 10.1. The van der Waals surface area contributed by atoms with E-state index in [1.165, 1.54) is 7.11 Å². The average molecular weight is 751 g/mol. The number of aliphatic imine (C=N–C) groups is 1. The molecular formula is C24H15BrClI2NO4. The number of rotatable bonds is 6. The third kappa shape index (κ3) is 5.72. The SMILES string of the molecule is COc1cc(/C=C2\N=C(c3ccc(I)c(Br)c3)OC2=O)cc(Cl)c1OCc1ccccc1I. The summed E-state index contributed by atoms with van der Waals surface area (Å²) in [4.78, 5) is 16.8. The summed E-state index contributed by atoms with van der Waals surface area (Å²) in [5.74, 6) is 0.605. The van der Waals surface area contributed by atoms with E-state index in [0.29, 0.717) is 34.3 Å². The number of carbonyl (C=O) groups is 1. The van der Waals surface area contributed by atoms with E-state index in [0.717, 1.165) is 17.2 Å². The Balaban J connectivity index is 1.60. The molecule has 0 saturated carbocycles. The van der Waals surface area contributed by atoms with Crippen LogP contribution in [-0.2, 0) is 16.1 Å². The summed E-state index contributed by atoms with van der Waals surface area (Å²) in [6.45, 7) is 0.348. The number of carbonyl (C=O) groups excluding carboxylic acids is 1. The highest BCUT2D eigenvalue weighted by Gasteiger charge is 2.25. The first kappa shape index (κ1) is 24.5. The Labute approximate surface area is 231 Å². The van der Waals surface area contributed by atoms with Gasteiger partial charge < -0.3 is 14.2 Å². The van der Waals surface area contributed by atoms with E-state index < -0.39 is 5.97 Å². The predicted octanol–water partition coefficient (Wildman–Crippen LogP) is 7.24. The molecule has 0 N–H and O–H groups in total. The molecule has 0 unspecified atom stereocenters. The molecule has 1 aliphatic heterocycles. The summed E-state index contributed by atoms with van der Waals surface area (Å²) in [6, 6.07) is 17.0. The smallest absolute Gasteiger partial charge is 0.363 e. The molecule has 0 aliphatic carbocycles. The molecule has 4 rings (SSSR count). The van der Waals surface area contributed by atoms with E-state index in [2.05, 4.69) is 66.1 Å². The normalized spacial score (nSPS) is 14.3.